The molecular weight excluding hydrogens is 309 g/mol. The van der Waals surface area contributed by atoms with Gasteiger partial charge in [0.25, 0.3) is 0 Å². The van der Waals surface area contributed by atoms with Gasteiger partial charge >= 0.3 is 0 Å². The maximum Gasteiger partial charge on any atom is 0.179 e. The summed E-state index contributed by atoms with van der Waals surface area (Å²) >= 11 is 6.05. The van der Waals surface area contributed by atoms with Gasteiger partial charge in [0.1, 0.15) is 18.5 Å². The third kappa shape index (κ3) is 3.67. The first-order valence-corrected chi connectivity index (χ1v) is 6.77. The number of ether oxygens (including phenoxy) is 2. The Balaban J connectivity index is 2.14. The summed E-state index contributed by atoms with van der Waals surface area (Å²) in [5.74, 6) is 0.161. The van der Waals surface area contributed by atoms with E-state index in [1.165, 1.54) is 43.5 Å². The molecule has 0 aliphatic heterocycles. The predicted molar refractivity (Wildman–Crippen MR) is 79.6 cm³/mol. The quantitative estimate of drug-likeness (QED) is 0.916. The van der Waals surface area contributed by atoms with Crippen molar-refractivity contribution in [3.8, 4) is 17.6 Å². The van der Waals surface area contributed by atoms with Gasteiger partial charge in [-0.15, -0.1) is 0 Å². The fourth-order valence-corrected chi connectivity index (χ4v) is 2.13. The number of halogens is 2. The summed E-state index contributed by atoms with van der Waals surface area (Å²) in [5, 5.41) is 19.1. The van der Waals surface area contributed by atoms with Gasteiger partial charge in [0, 0.05) is 6.07 Å². The van der Waals surface area contributed by atoms with Gasteiger partial charge in [0.2, 0.25) is 0 Å². The number of benzene rings is 2. The Morgan fingerprint density at radius 2 is 2.00 bits per heavy atom. The van der Waals surface area contributed by atoms with Gasteiger partial charge in [-0.05, 0) is 23.8 Å². The number of nitrogens with zero attached hydrogens (tertiary/aromatic N) is 1. The van der Waals surface area contributed by atoms with Crippen LogP contribution in [0.15, 0.2) is 36.4 Å². The fraction of sp³-hybridized carbons (Fsp3) is 0.188. The number of nitriles is 1. The monoisotopic (exact) mass is 321 g/mol. The predicted octanol–water partition coefficient (Wildman–Crippen LogP) is 3.47. The molecule has 1 atom stereocenters. The molecule has 2 rings (SSSR count). The standard InChI is InChI=1S/C16H13ClFNO3/c1-21-15-7-10(8-19)6-13(17)16(15)22-9-14(20)11-2-4-12(18)5-3-11/h2-7,14,20H,9H2,1H3/t14-/m1/s1. The van der Waals surface area contributed by atoms with E-state index in [0.717, 1.165) is 0 Å². The normalized spacial score (nSPS) is 11.6. The molecule has 6 heteroatoms. The maximum absolute atomic E-state index is 12.9. The van der Waals surface area contributed by atoms with Crippen LogP contribution in [0.5, 0.6) is 11.5 Å². The first-order valence-electron chi connectivity index (χ1n) is 6.39. The highest BCUT2D eigenvalue weighted by atomic mass is 35.5. The van der Waals surface area contributed by atoms with E-state index in [1.807, 2.05) is 6.07 Å². The molecule has 0 unspecified atom stereocenters. The lowest BCUT2D eigenvalue weighted by Gasteiger charge is -2.16. The lowest BCUT2D eigenvalue weighted by Crippen LogP contribution is -2.10. The number of hydrogen-bond donors (Lipinski definition) is 1. The van der Waals surface area contributed by atoms with E-state index in [0.29, 0.717) is 16.9 Å². The molecule has 22 heavy (non-hydrogen) atoms. The highest BCUT2D eigenvalue weighted by Crippen LogP contribution is 2.36. The molecule has 0 bridgehead atoms. The van der Waals surface area contributed by atoms with Gasteiger partial charge in [-0.1, -0.05) is 23.7 Å². The molecule has 0 aliphatic rings. The summed E-state index contributed by atoms with van der Waals surface area (Å²) < 4.78 is 23.5. The van der Waals surface area contributed by atoms with E-state index in [4.69, 9.17) is 26.3 Å². The lowest BCUT2D eigenvalue weighted by molar-refractivity contribution is 0.106. The third-order valence-corrected chi connectivity index (χ3v) is 3.28. The zero-order valence-electron chi connectivity index (χ0n) is 11.7. The van der Waals surface area contributed by atoms with Gasteiger partial charge in [-0.3, -0.25) is 0 Å². The van der Waals surface area contributed by atoms with Crippen molar-refractivity contribution in [2.75, 3.05) is 13.7 Å². The van der Waals surface area contributed by atoms with Crippen molar-refractivity contribution in [3.63, 3.8) is 0 Å². The second-order valence-corrected chi connectivity index (χ2v) is 4.89. The molecule has 1 N–H and O–H groups in total. The van der Waals surface area contributed by atoms with Crippen molar-refractivity contribution in [2.24, 2.45) is 0 Å². The number of methoxy groups -OCH3 is 1. The van der Waals surface area contributed by atoms with E-state index in [9.17, 15) is 9.50 Å². The molecule has 0 aliphatic carbocycles. The minimum Gasteiger partial charge on any atom is -0.493 e. The van der Waals surface area contributed by atoms with Gasteiger partial charge in [0.15, 0.2) is 11.5 Å². The Hall–Kier alpha value is -2.29. The lowest BCUT2D eigenvalue weighted by atomic mass is 10.1. The molecule has 4 nitrogen and oxygen atoms in total. The molecule has 0 amide bonds. The third-order valence-electron chi connectivity index (χ3n) is 3.00. The van der Waals surface area contributed by atoms with Crippen molar-refractivity contribution < 1.29 is 19.0 Å². The van der Waals surface area contributed by atoms with Crippen molar-refractivity contribution in [3.05, 3.63) is 58.4 Å². The number of aliphatic hydroxyl groups is 1. The van der Waals surface area contributed by atoms with Gasteiger partial charge in [-0.2, -0.15) is 5.26 Å². The largest absolute Gasteiger partial charge is 0.493 e. The van der Waals surface area contributed by atoms with Crippen molar-refractivity contribution >= 4 is 11.6 Å². The average molecular weight is 322 g/mol. The highest BCUT2D eigenvalue weighted by Gasteiger charge is 2.15. The Bertz CT molecular complexity index is 698. The van der Waals surface area contributed by atoms with Crippen molar-refractivity contribution in [1.82, 2.24) is 0 Å². The minimum atomic E-state index is -0.947. The number of aliphatic hydroxyl groups excluding tert-OH is 1. The number of hydrogen-bond acceptors (Lipinski definition) is 4. The molecule has 2 aromatic carbocycles. The summed E-state index contributed by atoms with van der Waals surface area (Å²) in [7, 11) is 1.43. The van der Waals surface area contributed by atoms with Crippen LogP contribution >= 0.6 is 11.6 Å². The molecule has 0 aromatic heterocycles. The summed E-state index contributed by atoms with van der Waals surface area (Å²) in [6.07, 6.45) is -0.947. The molecule has 0 saturated heterocycles. The van der Waals surface area contributed by atoms with Crippen LogP contribution in [0.25, 0.3) is 0 Å². The van der Waals surface area contributed by atoms with Crippen molar-refractivity contribution in [2.45, 2.75) is 6.10 Å². The Morgan fingerprint density at radius 1 is 1.32 bits per heavy atom. The first-order chi connectivity index (χ1) is 10.5. The first kappa shape index (κ1) is 16.1. The zero-order valence-corrected chi connectivity index (χ0v) is 12.5. The van der Waals surface area contributed by atoms with E-state index in [-0.39, 0.29) is 23.2 Å². The second kappa shape index (κ2) is 7.12. The fourth-order valence-electron chi connectivity index (χ4n) is 1.87. The Labute approximate surface area is 132 Å². The van der Waals surface area contributed by atoms with Crippen LogP contribution in [0.1, 0.15) is 17.2 Å². The molecular formula is C16H13ClFNO3. The zero-order chi connectivity index (χ0) is 16.1. The van der Waals surface area contributed by atoms with Crippen LogP contribution in [0.4, 0.5) is 4.39 Å². The molecule has 0 radical (unpaired) electrons. The SMILES string of the molecule is COc1cc(C#N)cc(Cl)c1OC[C@@H](O)c1ccc(F)cc1. The van der Waals surface area contributed by atoms with Gasteiger partial charge in [-0.25, -0.2) is 4.39 Å². The topological polar surface area (TPSA) is 62.5 Å². The highest BCUT2D eigenvalue weighted by molar-refractivity contribution is 6.32. The van der Waals surface area contributed by atoms with Gasteiger partial charge < -0.3 is 14.6 Å². The maximum atomic E-state index is 12.9. The Morgan fingerprint density at radius 3 is 2.59 bits per heavy atom. The van der Waals surface area contributed by atoms with E-state index in [1.54, 1.807) is 0 Å². The molecule has 0 fully saturated rings. The van der Waals surface area contributed by atoms with E-state index >= 15 is 0 Å². The van der Waals surface area contributed by atoms with Crippen LogP contribution < -0.4 is 9.47 Å². The molecule has 0 spiro atoms. The smallest absolute Gasteiger partial charge is 0.179 e. The molecule has 114 valence electrons. The minimum absolute atomic E-state index is 0.0897. The molecule has 2 aromatic rings. The molecule has 0 saturated carbocycles. The van der Waals surface area contributed by atoms with Crippen molar-refractivity contribution in [1.29, 1.82) is 5.26 Å². The second-order valence-electron chi connectivity index (χ2n) is 4.48. The molecule has 0 heterocycles. The van der Waals surface area contributed by atoms with Crippen LogP contribution in [0, 0.1) is 17.1 Å². The summed E-state index contributed by atoms with van der Waals surface area (Å²) in [6.45, 7) is -0.0897. The van der Waals surface area contributed by atoms with Crippen LogP contribution in [-0.2, 0) is 0 Å². The van der Waals surface area contributed by atoms with E-state index in [2.05, 4.69) is 0 Å². The van der Waals surface area contributed by atoms with Crippen LogP contribution in [0.3, 0.4) is 0 Å². The van der Waals surface area contributed by atoms with Gasteiger partial charge in [0.05, 0.1) is 23.8 Å². The number of rotatable bonds is 5. The summed E-state index contributed by atoms with van der Waals surface area (Å²) in [6, 6.07) is 10.4. The van der Waals surface area contributed by atoms with Crippen LogP contribution in [0.2, 0.25) is 5.02 Å². The van der Waals surface area contributed by atoms with Crippen LogP contribution in [-0.4, -0.2) is 18.8 Å². The van der Waals surface area contributed by atoms with E-state index < -0.39 is 6.10 Å². The Kier molecular flexibility index (Phi) is 5.21. The average Bonchev–Trinajstić information content (AvgIpc) is 2.53. The summed E-state index contributed by atoms with van der Waals surface area (Å²) in [4.78, 5) is 0. The summed E-state index contributed by atoms with van der Waals surface area (Å²) in [5.41, 5.74) is 0.860.